The van der Waals surface area contributed by atoms with Crippen LogP contribution in [-0.2, 0) is 4.79 Å². The van der Waals surface area contributed by atoms with Gasteiger partial charge in [0.1, 0.15) is 0 Å². The first-order chi connectivity index (χ1) is 9.46. The molecule has 0 amide bonds. The van der Waals surface area contributed by atoms with Crippen LogP contribution in [0.3, 0.4) is 0 Å². The lowest BCUT2D eigenvalue weighted by molar-refractivity contribution is -0.116. The van der Waals surface area contributed by atoms with Crippen molar-refractivity contribution in [3.8, 4) is 0 Å². The van der Waals surface area contributed by atoms with E-state index in [1.165, 1.54) is 5.57 Å². The molecule has 0 spiro atoms. The standard InChI is InChI=1S/C19H20O/c1-19(2,3)12-17-14-9-10-15(17)18(20)11-16(14)13-7-5-4-6-8-13/h4-12,14-15H,1-3H3/b17-12-/t14-,15-/m1/s1. The van der Waals surface area contributed by atoms with E-state index in [0.29, 0.717) is 0 Å². The summed E-state index contributed by atoms with van der Waals surface area (Å²) in [6.07, 6.45) is 8.36. The van der Waals surface area contributed by atoms with Gasteiger partial charge < -0.3 is 0 Å². The van der Waals surface area contributed by atoms with Gasteiger partial charge in [0.15, 0.2) is 5.78 Å². The maximum absolute atomic E-state index is 12.4. The lowest BCUT2D eigenvalue weighted by atomic mass is 9.76. The molecule has 1 aromatic carbocycles. The molecule has 1 heteroatoms. The fourth-order valence-electron chi connectivity index (χ4n) is 3.09. The smallest absolute Gasteiger partial charge is 0.166 e. The van der Waals surface area contributed by atoms with Crippen LogP contribution in [0.25, 0.3) is 5.57 Å². The topological polar surface area (TPSA) is 17.1 Å². The molecule has 0 radical (unpaired) electrons. The van der Waals surface area contributed by atoms with Crippen molar-refractivity contribution in [3.05, 3.63) is 65.8 Å². The van der Waals surface area contributed by atoms with E-state index in [0.717, 1.165) is 11.1 Å². The van der Waals surface area contributed by atoms with E-state index in [9.17, 15) is 4.79 Å². The van der Waals surface area contributed by atoms with Crippen molar-refractivity contribution in [2.24, 2.45) is 17.3 Å². The first-order valence-corrected chi connectivity index (χ1v) is 7.17. The van der Waals surface area contributed by atoms with Gasteiger partial charge >= 0.3 is 0 Å². The summed E-state index contributed by atoms with van der Waals surface area (Å²) < 4.78 is 0. The second-order valence-corrected chi connectivity index (χ2v) is 6.72. The van der Waals surface area contributed by atoms with Crippen LogP contribution in [0.2, 0.25) is 0 Å². The van der Waals surface area contributed by atoms with E-state index >= 15 is 0 Å². The Bertz CT molecular complexity index is 623. The monoisotopic (exact) mass is 264 g/mol. The Morgan fingerprint density at radius 3 is 2.30 bits per heavy atom. The number of carbonyl (C=O) groups excluding carboxylic acids is 1. The van der Waals surface area contributed by atoms with Gasteiger partial charge in [0.2, 0.25) is 0 Å². The quantitative estimate of drug-likeness (QED) is 0.686. The van der Waals surface area contributed by atoms with Crippen LogP contribution >= 0.6 is 0 Å². The number of hydrogen-bond acceptors (Lipinski definition) is 1. The minimum atomic E-state index is -0.0355. The zero-order valence-corrected chi connectivity index (χ0v) is 12.3. The third-order valence-corrected chi connectivity index (χ3v) is 3.86. The van der Waals surface area contributed by atoms with Crippen molar-refractivity contribution in [1.29, 1.82) is 0 Å². The van der Waals surface area contributed by atoms with Crippen LogP contribution in [0.1, 0.15) is 26.3 Å². The third-order valence-electron chi connectivity index (χ3n) is 3.86. The van der Waals surface area contributed by atoms with Crippen molar-refractivity contribution < 1.29 is 4.79 Å². The Morgan fingerprint density at radius 2 is 1.65 bits per heavy atom. The molecule has 0 N–H and O–H groups in total. The van der Waals surface area contributed by atoms with Crippen LogP contribution in [-0.4, -0.2) is 5.78 Å². The molecule has 2 bridgehead atoms. The molecule has 0 unspecified atom stereocenters. The molecule has 0 saturated carbocycles. The number of benzene rings is 1. The molecule has 2 aliphatic carbocycles. The Hall–Kier alpha value is -1.89. The highest BCUT2D eigenvalue weighted by Crippen LogP contribution is 2.45. The molecule has 20 heavy (non-hydrogen) atoms. The van der Waals surface area contributed by atoms with Gasteiger partial charge in [-0.3, -0.25) is 4.79 Å². The van der Waals surface area contributed by atoms with Gasteiger partial charge in [0, 0.05) is 5.92 Å². The fraction of sp³-hybridized carbons (Fsp3) is 0.316. The van der Waals surface area contributed by atoms with Crippen LogP contribution < -0.4 is 0 Å². The molecule has 0 fully saturated rings. The average Bonchev–Trinajstić information content (AvgIpc) is 2.68. The van der Waals surface area contributed by atoms with E-state index in [1.807, 2.05) is 24.3 Å². The molecule has 1 nitrogen and oxygen atoms in total. The molecule has 0 heterocycles. The Balaban J connectivity index is 2.09. The molecule has 1 aromatic rings. The van der Waals surface area contributed by atoms with E-state index < -0.39 is 0 Å². The summed E-state index contributed by atoms with van der Waals surface area (Å²) in [5.74, 6) is 0.440. The second-order valence-electron chi connectivity index (χ2n) is 6.72. The van der Waals surface area contributed by atoms with Gasteiger partial charge in [-0.1, -0.05) is 69.3 Å². The lowest BCUT2D eigenvalue weighted by Gasteiger charge is -2.27. The van der Waals surface area contributed by atoms with E-state index in [-0.39, 0.29) is 23.0 Å². The Kier molecular flexibility index (Phi) is 3.01. The summed E-state index contributed by atoms with van der Waals surface area (Å²) >= 11 is 0. The average molecular weight is 264 g/mol. The molecule has 0 aliphatic heterocycles. The zero-order valence-electron chi connectivity index (χ0n) is 12.3. The molecule has 102 valence electrons. The number of carbonyl (C=O) groups is 1. The number of fused-ring (bicyclic) bond motifs is 2. The van der Waals surface area contributed by atoms with Crippen LogP contribution in [0.5, 0.6) is 0 Å². The number of allylic oxidation sites excluding steroid dienone is 6. The molecular weight excluding hydrogens is 244 g/mol. The highest BCUT2D eigenvalue weighted by atomic mass is 16.1. The molecule has 2 aliphatic rings. The predicted octanol–water partition coefficient (Wildman–Crippen LogP) is 4.43. The number of ketones is 1. The first kappa shape index (κ1) is 13.1. The minimum Gasteiger partial charge on any atom is -0.294 e. The van der Waals surface area contributed by atoms with Gasteiger partial charge in [-0.2, -0.15) is 0 Å². The summed E-state index contributed by atoms with van der Waals surface area (Å²) in [7, 11) is 0. The van der Waals surface area contributed by atoms with Gasteiger partial charge in [0.25, 0.3) is 0 Å². The molecule has 0 aromatic heterocycles. The number of hydrogen-bond donors (Lipinski definition) is 0. The van der Waals surface area contributed by atoms with Crippen LogP contribution in [0.15, 0.2) is 60.2 Å². The van der Waals surface area contributed by atoms with Crippen LogP contribution in [0.4, 0.5) is 0 Å². The number of rotatable bonds is 1. The third kappa shape index (κ3) is 2.29. The molecule has 3 rings (SSSR count). The van der Waals surface area contributed by atoms with Crippen molar-refractivity contribution >= 4 is 11.4 Å². The molecule has 0 saturated heterocycles. The highest BCUT2D eigenvalue weighted by molar-refractivity contribution is 6.06. The maximum Gasteiger partial charge on any atom is 0.166 e. The largest absolute Gasteiger partial charge is 0.294 e. The summed E-state index contributed by atoms with van der Waals surface area (Å²) in [5.41, 5.74) is 3.63. The summed E-state index contributed by atoms with van der Waals surface area (Å²) in [4.78, 5) is 12.4. The fourth-order valence-corrected chi connectivity index (χ4v) is 3.09. The molecular formula is C19H20O. The van der Waals surface area contributed by atoms with Gasteiger partial charge in [-0.25, -0.2) is 0 Å². The highest BCUT2D eigenvalue weighted by Gasteiger charge is 2.37. The zero-order chi connectivity index (χ0) is 14.3. The Labute approximate surface area is 120 Å². The van der Waals surface area contributed by atoms with E-state index in [4.69, 9.17) is 0 Å². The minimum absolute atomic E-state index is 0.0355. The van der Waals surface area contributed by atoms with Crippen molar-refractivity contribution in [2.45, 2.75) is 20.8 Å². The van der Waals surface area contributed by atoms with Gasteiger partial charge in [-0.05, 0) is 28.2 Å². The van der Waals surface area contributed by atoms with Crippen LogP contribution in [0, 0.1) is 17.3 Å². The second kappa shape index (κ2) is 4.59. The SMILES string of the molecule is CC(C)(C)/C=C1/[C@@H]2C=C[C@H]1C(=O)C=C2c1ccccc1. The lowest BCUT2D eigenvalue weighted by Crippen LogP contribution is -2.21. The summed E-state index contributed by atoms with van der Waals surface area (Å²) in [6.45, 7) is 6.55. The van der Waals surface area contributed by atoms with E-state index in [2.05, 4.69) is 51.1 Å². The summed E-state index contributed by atoms with van der Waals surface area (Å²) in [6, 6.07) is 10.2. The van der Waals surface area contributed by atoms with Crippen molar-refractivity contribution in [2.75, 3.05) is 0 Å². The first-order valence-electron chi connectivity index (χ1n) is 7.17. The summed E-state index contributed by atoms with van der Waals surface area (Å²) in [5, 5.41) is 0. The predicted molar refractivity (Wildman–Crippen MR) is 83.1 cm³/mol. The van der Waals surface area contributed by atoms with E-state index in [1.54, 1.807) is 0 Å². The normalized spacial score (nSPS) is 27.1. The maximum atomic E-state index is 12.4. The Morgan fingerprint density at radius 1 is 1.00 bits per heavy atom. The molecule has 2 atom stereocenters. The van der Waals surface area contributed by atoms with Gasteiger partial charge in [0.05, 0.1) is 5.92 Å². The van der Waals surface area contributed by atoms with Gasteiger partial charge in [-0.15, -0.1) is 0 Å². The van der Waals surface area contributed by atoms with Crippen molar-refractivity contribution in [3.63, 3.8) is 0 Å². The van der Waals surface area contributed by atoms with Crippen molar-refractivity contribution in [1.82, 2.24) is 0 Å².